The quantitative estimate of drug-likeness (QED) is 0.807. The van der Waals surface area contributed by atoms with E-state index in [-0.39, 0.29) is 9.92 Å². The Kier molecular flexibility index (Phi) is 4.64. The van der Waals surface area contributed by atoms with Crippen molar-refractivity contribution in [2.75, 3.05) is 4.72 Å². The van der Waals surface area contributed by atoms with Crippen molar-refractivity contribution in [2.45, 2.75) is 11.8 Å². The molecule has 0 aliphatic heterocycles. The summed E-state index contributed by atoms with van der Waals surface area (Å²) < 4.78 is 27.9. The smallest absolute Gasteiger partial charge is 0.261 e. The average Bonchev–Trinajstić information content (AvgIpc) is 2.36. The van der Waals surface area contributed by atoms with Crippen LogP contribution in [0.2, 0.25) is 10.0 Å². The Hall–Kier alpha value is -0.750. The predicted molar refractivity (Wildman–Crippen MR) is 86.1 cm³/mol. The summed E-state index contributed by atoms with van der Waals surface area (Å²) in [6, 6.07) is 9.53. The van der Waals surface area contributed by atoms with E-state index in [0.717, 1.165) is 10.0 Å². The van der Waals surface area contributed by atoms with Crippen LogP contribution in [-0.2, 0) is 10.0 Å². The number of sulfonamides is 1. The molecule has 7 heteroatoms. The Labute approximate surface area is 136 Å². The molecule has 2 aromatic rings. The van der Waals surface area contributed by atoms with Crippen molar-refractivity contribution in [3.05, 3.63) is 56.5 Å². The van der Waals surface area contributed by atoms with E-state index >= 15 is 0 Å². The highest BCUT2D eigenvalue weighted by atomic mass is 79.9. The number of benzene rings is 2. The molecule has 0 aromatic heterocycles. The molecule has 2 rings (SSSR count). The van der Waals surface area contributed by atoms with Crippen LogP contribution in [0.15, 0.2) is 45.8 Å². The number of hydrogen-bond donors (Lipinski definition) is 1. The maximum Gasteiger partial charge on any atom is 0.261 e. The summed E-state index contributed by atoms with van der Waals surface area (Å²) in [4.78, 5) is 0.0614. The third-order valence-electron chi connectivity index (χ3n) is 2.65. The minimum Gasteiger partial charge on any atom is -0.279 e. The first kappa shape index (κ1) is 15.6. The molecule has 0 saturated carbocycles. The van der Waals surface area contributed by atoms with Gasteiger partial charge in [-0.05, 0) is 42.8 Å². The van der Waals surface area contributed by atoms with Crippen LogP contribution in [0, 0.1) is 6.92 Å². The average molecular weight is 395 g/mol. The van der Waals surface area contributed by atoms with E-state index in [1.807, 2.05) is 19.1 Å². The first-order valence-corrected chi connectivity index (χ1v) is 8.57. The number of nitrogens with one attached hydrogen (secondary N) is 1. The number of rotatable bonds is 3. The monoisotopic (exact) mass is 393 g/mol. The summed E-state index contributed by atoms with van der Waals surface area (Å²) in [6.07, 6.45) is 0. The van der Waals surface area contributed by atoms with Crippen LogP contribution in [0.1, 0.15) is 5.56 Å². The van der Waals surface area contributed by atoms with Crippen LogP contribution < -0.4 is 4.72 Å². The van der Waals surface area contributed by atoms with Gasteiger partial charge in [0, 0.05) is 4.47 Å². The summed E-state index contributed by atoms with van der Waals surface area (Å²) >= 11 is 14.9. The Bertz CT molecular complexity index is 763. The lowest BCUT2D eigenvalue weighted by Crippen LogP contribution is -2.13. The molecule has 0 radical (unpaired) electrons. The zero-order valence-electron chi connectivity index (χ0n) is 10.3. The van der Waals surface area contributed by atoms with Gasteiger partial charge in [-0.15, -0.1) is 0 Å². The standard InChI is InChI=1S/C13H10BrCl2NO2S/c1-8-2-3-9(14)6-13(8)17-20(18,19)10-4-5-11(15)12(16)7-10/h2-7,17H,1H3. The molecule has 0 saturated heterocycles. The lowest BCUT2D eigenvalue weighted by Gasteiger charge is -2.11. The van der Waals surface area contributed by atoms with Crippen molar-refractivity contribution < 1.29 is 8.42 Å². The topological polar surface area (TPSA) is 46.2 Å². The minimum absolute atomic E-state index is 0.0614. The Balaban J connectivity index is 2.40. The van der Waals surface area contributed by atoms with E-state index in [1.165, 1.54) is 18.2 Å². The zero-order chi connectivity index (χ0) is 14.9. The lowest BCUT2D eigenvalue weighted by molar-refractivity contribution is 0.601. The van der Waals surface area contributed by atoms with Crippen LogP contribution in [-0.4, -0.2) is 8.42 Å². The van der Waals surface area contributed by atoms with Crippen molar-refractivity contribution in [1.29, 1.82) is 0 Å². The van der Waals surface area contributed by atoms with E-state index in [0.29, 0.717) is 10.7 Å². The SMILES string of the molecule is Cc1ccc(Br)cc1NS(=O)(=O)c1ccc(Cl)c(Cl)c1. The van der Waals surface area contributed by atoms with E-state index in [2.05, 4.69) is 20.7 Å². The fourth-order valence-electron chi connectivity index (χ4n) is 1.55. The summed E-state index contributed by atoms with van der Waals surface area (Å²) in [5.74, 6) is 0. The Morgan fingerprint density at radius 2 is 1.75 bits per heavy atom. The van der Waals surface area contributed by atoms with Crippen LogP contribution in [0.25, 0.3) is 0 Å². The van der Waals surface area contributed by atoms with Crippen molar-refractivity contribution in [1.82, 2.24) is 0 Å². The van der Waals surface area contributed by atoms with E-state index in [1.54, 1.807) is 6.07 Å². The summed E-state index contributed by atoms with van der Waals surface area (Å²) in [5, 5.41) is 0.504. The van der Waals surface area contributed by atoms with Crippen LogP contribution in [0.5, 0.6) is 0 Å². The molecule has 0 unspecified atom stereocenters. The largest absolute Gasteiger partial charge is 0.279 e. The molecule has 0 fully saturated rings. The summed E-state index contributed by atoms with van der Waals surface area (Å²) in [6.45, 7) is 1.82. The fourth-order valence-corrected chi connectivity index (χ4v) is 3.42. The third-order valence-corrected chi connectivity index (χ3v) is 5.24. The predicted octanol–water partition coefficient (Wildman–Crippen LogP) is 4.87. The summed E-state index contributed by atoms with van der Waals surface area (Å²) in [5.41, 5.74) is 1.32. The molecule has 20 heavy (non-hydrogen) atoms. The number of anilines is 1. The number of aryl methyl sites for hydroxylation is 1. The van der Waals surface area contributed by atoms with Gasteiger partial charge in [0.25, 0.3) is 10.0 Å². The normalized spacial score (nSPS) is 11.4. The van der Waals surface area contributed by atoms with Gasteiger partial charge in [0.05, 0.1) is 20.6 Å². The molecule has 0 heterocycles. The lowest BCUT2D eigenvalue weighted by atomic mass is 10.2. The van der Waals surface area contributed by atoms with Crippen molar-refractivity contribution in [3.63, 3.8) is 0 Å². The maximum absolute atomic E-state index is 12.3. The van der Waals surface area contributed by atoms with Crippen molar-refractivity contribution in [3.8, 4) is 0 Å². The Morgan fingerprint density at radius 1 is 1.05 bits per heavy atom. The van der Waals surface area contributed by atoms with E-state index in [4.69, 9.17) is 23.2 Å². The van der Waals surface area contributed by atoms with Gasteiger partial charge in [-0.1, -0.05) is 45.2 Å². The molecule has 0 atom stereocenters. The van der Waals surface area contributed by atoms with Crippen LogP contribution in [0.3, 0.4) is 0 Å². The van der Waals surface area contributed by atoms with E-state index < -0.39 is 10.0 Å². The minimum atomic E-state index is -3.71. The van der Waals surface area contributed by atoms with Crippen LogP contribution in [0.4, 0.5) is 5.69 Å². The van der Waals surface area contributed by atoms with Gasteiger partial charge >= 0.3 is 0 Å². The van der Waals surface area contributed by atoms with Gasteiger partial charge in [0.15, 0.2) is 0 Å². The van der Waals surface area contributed by atoms with Gasteiger partial charge < -0.3 is 0 Å². The number of hydrogen-bond acceptors (Lipinski definition) is 2. The first-order chi connectivity index (χ1) is 9.29. The highest BCUT2D eigenvalue weighted by Gasteiger charge is 2.16. The van der Waals surface area contributed by atoms with Gasteiger partial charge in [-0.3, -0.25) is 4.72 Å². The molecule has 3 nitrogen and oxygen atoms in total. The first-order valence-electron chi connectivity index (χ1n) is 5.53. The molecule has 106 valence electrons. The van der Waals surface area contributed by atoms with E-state index in [9.17, 15) is 8.42 Å². The molecule has 2 aromatic carbocycles. The van der Waals surface area contributed by atoms with Gasteiger partial charge in [-0.25, -0.2) is 8.42 Å². The maximum atomic E-state index is 12.3. The number of halogens is 3. The molecule has 0 bridgehead atoms. The highest BCUT2D eigenvalue weighted by molar-refractivity contribution is 9.10. The molecule has 0 aliphatic carbocycles. The van der Waals surface area contributed by atoms with Gasteiger partial charge in [-0.2, -0.15) is 0 Å². The molecule has 0 aliphatic rings. The summed E-state index contributed by atoms with van der Waals surface area (Å²) in [7, 11) is -3.71. The zero-order valence-corrected chi connectivity index (χ0v) is 14.2. The third kappa shape index (κ3) is 3.47. The molecular weight excluding hydrogens is 385 g/mol. The fraction of sp³-hybridized carbons (Fsp3) is 0.0769. The molecule has 1 N–H and O–H groups in total. The van der Waals surface area contributed by atoms with Gasteiger partial charge in [0.1, 0.15) is 0 Å². The molecule has 0 amide bonds. The second-order valence-electron chi connectivity index (χ2n) is 4.14. The highest BCUT2D eigenvalue weighted by Crippen LogP contribution is 2.27. The second kappa shape index (κ2) is 5.93. The molecule has 0 spiro atoms. The second-order valence-corrected chi connectivity index (χ2v) is 7.55. The molecular formula is C13H10BrCl2NO2S. The van der Waals surface area contributed by atoms with Crippen molar-refractivity contribution >= 4 is 54.8 Å². The van der Waals surface area contributed by atoms with Crippen LogP contribution >= 0.6 is 39.1 Å². The van der Waals surface area contributed by atoms with Crippen molar-refractivity contribution in [2.24, 2.45) is 0 Å². The Morgan fingerprint density at radius 3 is 2.40 bits per heavy atom. The van der Waals surface area contributed by atoms with Gasteiger partial charge in [0.2, 0.25) is 0 Å².